The number of rotatable bonds is 7. The molecule has 16 heteroatoms. The first-order valence-corrected chi connectivity index (χ1v) is 15.1. The maximum atomic E-state index is 13.3. The van der Waals surface area contributed by atoms with Crippen LogP contribution < -0.4 is 20.7 Å². The Balaban J connectivity index is 1.49. The Morgan fingerprint density at radius 1 is 1.07 bits per heavy atom. The number of benzene rings is 3. The third kappa shape index (κ3) is 5.98. The maximum Gasteiger partial charge on any atom is 0.431 e. The van der Waals surface area contributed by atoms with Gasteiger partial charge >= 0.3 is 11.9 Å². The van der Waals surface area contributed by atoms with Gasteiger partial charge in [-0.2, -0.15) is 17.5 Å². The van der Waals surface area contributed by atoms with Crippen LogP contribution in [0, 0.1) is 6.92 Å². The Bertz CT molecular complexity index is 2180. The van der Waals surface area contributed by atoms with E-state index in [1.165, 1.54) is 36.4 Å². The quantitative estimate of drug-likeness (QED) is 0.268. The second-order valence-corrected chi connectivity index (χ2v) is 12.4. The van der Waals surface area contributed by atoms with E-state index >= 15 is 0 Å². The van der Waals surface area contributed by atoms with Crippen LogP contribution in [0.3, 0.4) is 0 Å². The lowest BCUT2D eigenvalue weighted by Gasteiger charge is -2.14. The first kappa shape index (κ1) is 31.0. The van der Waals surface area contributed by atoms with E-state index in [0.29, 0.717) is 36.5 Å². The molecule has 228 valence electrons. The van der Waals surface area contributed by atoms with E-state index in [2.05, 4.69) is 4.37 Å². The van der Waals surface area contributed by atoms with Gasteiger partial charge in [0, 0.05) is 24.1 Å². The number of sulfonamides is 1. The van der Waals surface area contributed by atoms with Crippen molar-refractivity contribution in [3.05, 3.63) is 104 Å². The molecule has 0 aliphatic rings. The van der Waals surface area contributed by atoms with E-state index in [-0.39, 0.29) is 21.4 Å². The van der Waals surface area contributed by atoms with Crippen molar-refractivity contribution in [3.8, 4) is 22.7 Å². The van der Waals surface area contributed by atoms with Gasteiger partial charge in [-0.15, -0.1) is 0 Å². The van der Waals surface area contributed by atoms with Crippen molar-refractivity contribution >= 4 is 49.2 Å². The van der Waals surface area contributed by atoms with Gasteiger partial charge in [0.2, 0.25) is 0 Å². The number of carbonyl (C=O) groups excluding carboxylic acids is 1. The standard InChI is InChI=1S/C28H20ClF3N4O6S2/c1-15-7-9-20(42-14-24(37)34-44(40,41)22-6-4-3-5-19(22)29)17(11-15)26-18-12-16(8-10-21(18)43-33-26)36-25(38)13-23(28(30,31)32)35(2)27(36)39/h3-13H,14H2,1-2H3,(H,34,37). The molecule has 0 saturated heterocycles. The molecule has 1 N–H and O–H groups in total. The summed E-state index contributed by atoms with van der Waals surface area (Å²) in [5.41, 5.74) is -2.20. The Morgan fingerprint density at radius 3 is 2.50 bits per heavy atom. The summed E-state index contributed by atoms with van der Waals surface area (Å²) in [5.74, 6) is -0.805. The molecule has 0 aliphatic carbocycles. The monoisotopic (exact) mass is 664 g/mol. The van der Waals surface area contributed by atoms with Crippen molar-refractivity contribution in [2.45, 2.75) is 18.0 Å². The first-order valence-electron chi connectivity index (χ1n) is 12.5. The Morgan fingerprint density at radius 2 is 1.80 bits per heavy atom. The second kappa shape index (κ2) is 11.6. The van der Waals surface area contributed by atoms with E-state index in [9.17, 15) is 36.0 Å². The van der Waals surface area contributed by atoms with Crippen LogP contribution in [-0.2, 0) is 28.0 Å². The number of alkyl halides is 3. The van der Waals surface area contributed by atoms with Gasteiger partial charge in [-0.3, -0.25) is 14.2 Å². The fraction of sp³-hybridized carbons (Fsp3) is 0.143. The van der Waals surface area contributed by atoms with Crippen molar-refractivity contribution in [2.24, 2.45) is 7.05 Å². The number of fused-ring (bicyclic) bond motifs is 1. The topological polar surface area (TPSA) is 129 Å². The molecule has 2 heterocycles. The van der Waals surface area contributed by atoms with E-state index in [1.807, 2.05) is 4.72 Å². The number of hydrogen-bond donors (Lipinski definition) is 1. The molecule has 0 fully saturated rings. The molecule has 0 spiro atoms. The molecular weight excluding hydrogens is 645 g/mol. The summed E-state index contributed by atoms with van der Waals surface area (Å²) in [4.78, 5) is 37.8. The summed E-state index contributed by atoms with van der Waals surface area (Å²) in [5, 5.41) is 0.378. The summed E-state index contributed by atoms with van der Waals surface area (Å²) in [6, 6.07) is 15.3. The first-order chi connectivity index (χ1) is 20.7. The SMILES string of the molecule is Cc1ccc(OCC(=O)NS(=O)(=O)c2ccccc2Cl)c(-c2nsc3ccc(-n4c(=O)cc(C(F)(F)F)n(C)c4=O)cc23)c1. The highest BCUT2D eigenvalue weighted by Crippen LogP contribution is 2.38. The smallest absolute Gasteiger partial charge is 0.431 e. The molecular formula is C28H20ClF3N4O6S2. The molecule has 0 aliphatic heterocycles. The van der Waals surface area contributed by atoms with Gasteiger partial charge in [0.25, 0.3) is 21.5 Å². The summed E-state index contributed by atoms with van der Waals surface area (Å²) in [6.45, 7) is 1.10. The summed E-state index contributed by atoms with van der Waals surface area (Å²) >= 11 is 7.04. The van der Waals surface area contributed by atoms with E-state index < -0.39 is 45.7 Å². The van der Waals surface area contributed by atoms with E-state index in [0.717, 1.165) is 24.1 Å². The Kier molecular flexibility index (Phi) is 8.13. The molecule has 0 saturated carbocycles. The molecule has 0 radical (unpaired) electrons. The fourth-order valence-corrected chi connectivity index (χ4v) is 6.65. The van der Waals surface area contributed by atoms with Crippen molar-refractivity contribution in [3.63, 3.8) is 0 Å². The third-order valence-corrected chi connectivity index (χ3v) is 9.15. The Hall–Kier alpha value is -4.47. The third-order valence-electron chi connectivity index (χ3n) is 6.45. The highest BCUT2D eigenvalue weighted by molar-refractivity contribution is 7.90. The van der Waals surface area contributed by atoms with Crippen LogP contribution in [0.25, 0.3) is 27.0 Å². The van der Waals surface area contributed by atoms with Gasteiger partial charge in [0.05, 0.1) is 21.1 Å². The molecule has 10 nitrogen and oxygen atoms in total. The lowest BCUT2D eigenvalue weighted by molar-refractivity contribution is -0.144. The minimum Gasteiger partial charge on any atom is -0.483 e. The number of amides is 1. The number of nitrogens with zero attached hydrogens (tertiary/aromatic N) is 3. The predicted octanol–water partition coefficient (Wildman–Crippen LogP) is 4.68. The molecule has 1 amide bonds. The normalized spacial score (nSPS) is 12.0. The minimum absolute atomic E-state index is 0.0116. The van der Waals surface area contributed by atoms with Gasteiger partial charge in [-0.1, -0.05) is 35.4 Å². The molecule has 44 heavy (non-hydrogen) atoms. The van der Waals surface area contributed by atoms with Crippen LogP contribution >= 0.6 is 23.1 Å². The summed E-state index contributed by atoms with van der Waals surface area (Å²) < 4.78 is 78.9. The molecule has 3 aromatic carbocycles. The van der Waals surface area contributed by atoms with Crippen LogP contribution in [0.4, 0.5) is 13.2 Å². The van der Waals surface area contributed by atoms with Crippen molar-refractivity contribution in [1.29, 1.82) is 0 Å². The van der Waals surface area contributed by atoms with Crippen LogP contribution in [0.5, 0.6) is 5.75 Å². The number of hydrogen-bond acceptors (Lipinski definition) is 8. The van der Waals surface area contributed by atoms with Crippen molar-refractivity contribution in [2.75, 3.05) is 6.61 Å². The number of aryl methyl sites for hydroxylation is 1. The van der Waals surface area contributed by atoms with Crippen LogP contribution in [-0.4, -0.2) is 34.4 Å². The molecule has 5 aromatic rings. The average molecular weight is 665 g/mol. The Labute approximate surface area is 256 Å². The zero-order valence-corrected chi connectivity index (χ0v) is 25.1. The zero-order chi connectivity index (χ0) is 32.0. The molecule has 2 aromatic heterocycles. The van der Waals surface area contributed by atoms with Crippen LogP contribution in [0.2, 0.25) is 5.02 Å². The van der Waals surface area contributed by atoms with Gasteiger partial charge in [0.1, 0.15) is 16.3 Å². The number of ether oxygens (including phenoxy) is 1. The summed E-state index contributed by atoms with van der Waals surface area (Å²) in [6.07, 6.45) is -4.90. The predicted molar refractivity (Wildman–Crippen MR) is 158 cm³/mol. The van der Waals surface area contributed by atoms with E-state index in [4.69, 9.17) is 16.3 Å². The highest BCUT2D eigenvalue weighted by atomic mass is 35.5. The van der Waals surface area contributed by atoms with Crippen molar-refractivity contribution in [1.82, 2.24) is 18.2 Å². The van der Waals surface area contributed by atoms with Gasteiger partial charge in [0.15, 0.2) is 6.61 Å². The minimum atomic E-state index is -4.90. The van der Waals surface area contributed by atoms with E-state index in [1.54, 1.807) is 31.2 Å². The second-order valence-electron chi connectivity index (χ2n) is 9.50. The molecule has 0 atom stereocenters. The fourth-order valence-electron chi connectivity index (χ4n) is 4.39. The zero-order valence-electron chi connectivity index (χ0n) is 22.7. The number of aromatic nitrogens is 3. The maximum absolute atomic E-state index is 13.3. The largest absolute Gasteiger partial charge is 0.483 e. The molecule has 5 rings (SSSR count). The van der Waals surface area contributed by atoms with Gasteiger partial charge in [-0.25, -0.2) is 22.5 Å². The molecule has 0 unspecified atom stereocenters. The number of halogens is 4. The lowest BCUT2D eigenvalue weighted by Crippen LogP contribution is -2.40. The van der Waals surface area contributed by atoms with Gasteiger partial charge in [-0.05, 0) is 60.9 Å². The number of carbonyl (C=O) groups is 1. The average Bonchev–Trinajstić information content (AvgIpc) is 3.37. The lowest BCUT2D eigenvalue weighted by atomic mass is 10.0. The van der Waals surface area contributed by atoms with Crippen LogP contribution in [0.1, 0.15) is 11.3 Å². The number of nitrogens with one attached hydrogen (secondary N) is 1. The highest BCUT2D eigenvalue weighted by Gasteiger charge is 2.35. The molecule has 0 bridgehead atoms. The summed E-state index contributed by atoms with van der Waals surface area (Å²) in [7, 11) is -3.36. The van der Waals surface area contributed by atoms with Crippen molar-refractivity contribution < 1.29 is 31.1 Å². The van der Waals surface area contributed by atoms with Gasteiger partial charge < -0.3 is 4.74 Å². The van der Waals surface area contributed by atoms with Crippen LogP contribution in [0.15, 0.2) is 81.2 Å².